The lowest BCUT2D eigenvalue weighted by Crippen LogP contribution is -2.22. The number of nitrogens with one attached hydrogen (secondary N) is 1. The minimum Gasteiger partial charge on any atom is -0.394 e. The van der Waals surface area contributed by atoms with E-state index in [0.29, 0.717) is 0 Å². The van der Waals surface area contributed by atoms with Gasteiger partial charge in [0.15, 0.2) is 0 Å². The molecular formula is C15H20N2O. The van der Waals surface area contributed by atoms with Crippen molar-refractivity contribution in [2.75, 3.05) is 11.9 Å². The highest BCUT2D eigenvalue weighted by Gasteiger charge is 2.09. The van der Waals surface area contributed by atoms with Crippen LogP contribution >= 0.6 is 0 Å². The summed E-state index contributed by atoms with van der Waals surface area (Å²) in [6.07, 6.45) is 1.81. The first-order chi connectivity index (χ1) is 8.78. The van der Waals surface area contributed by atoms with Crippen molar-refractivity contribution in [3.05, 3.63) is 36.0 Å². The number of rotatable bonds is 5. The van der Waals surface area contributed by atoms with Crippen molar-refractivity contribution in [2.45, 2.75) is 32.7 Å². The van der Waals surface area contributed by atoms with Crippen molar-refractivity contribution in [3.8, 4) is 0 Å². The number of aliphatic hydroxyl groups excluding tert-OH is 1. The Hall–Kier alpha value is -1.61. The van der Waals surface area contributed by atoms with Gasteiger partial charge < -0.3 is 10.4 Å². The Morgan fingerprint density at radius 1 is 1.28 bits per heavy atom. The Kier molecular flexibility index (Phi) is 4.15. The molecule has 0 unspecified atom stereocenters. The third kappa shape index (κ3) is 2.62. The lowest BCUT2D eigenvalue weighted by Gasteiger charge is -2.18. The molecule has 0 spiro atoms. The van der Waals surface area contributed by atoms with E-state index in [4.69, 9.17) is 0 Å². The van der Waals surface area contributed by atoms with E-state index in [0.717, 1.165) is 35.1 Å². The molecule has 0 aliphatic rings. The molecule has 1 aromatic carbocycles. The summed E-state index contributed by atoms with van der Waals surface area (Å²) in [6, 6.07) is 10.3. The second-order valence-corrected chi connectivity index (χ2v) is 4.46. The summed E-state index contributed by atoms with van der Waals surface area (Å²) in [7, 11) is 0. The molecule has 0 saturated carbocycles. The number of aromatic nitrogens is 1. The van der Waals surface area contributed by atoms with E-state index >= 15 is 0 Å². The van der Waals surface area contributed by atoms with E-state index in [-0.39, 0.29) is 12.6 Å². The molecule has 0 bridgehead atoms. The number of fused-ring (bicyclic) bond motifs is 1. The van der Waals surface area contributed by atoms with Crippen LogP contribution < -0.4 is 5.32 Å². The van der Waals surface area contributed by atoms with Crippen LogP contribution in [0.3, 0.4) is 0 Å². The maximum absolute atomic E-state index is 9.31. The first kappa shape index (κ1) is 12.8. The highest BCUT2D eigenvalue weighted by molar-refractivity contribution is 5.91. The van der Waals surface area contributed by atoms with Crippen molar-refractivity contribution in [2.24, 2.45) is 0 Å². The number of aryl methyl sites for hydroxylation is 1. The van der Waals surface area contributed by atoms with Crippen molar-refractivity contribution in [1.82, 2.24) is 4.98 Å². The number of nitrogens with zero attached hydrogens (tertiary/aromatic N) is 1. The van der Waals surface area contributed by atoms with Crippen LogP contribution in [0.2, 0.25) is 0 Å². The van der Waals surface area contributed by atoms with Gasteiger partial charge in [0.2, 0.25) is 0 Å². The van der Waals surface area contributed by atoms with Crippen molar-refractivity contribution in [1.29, 1.82) is 0 Å². The normalized spacial score (nSPS) is 12.6. The van der Waals surface area contributed by atoms with Crippen LogP contribution in [0.5, 0.6) is 0 Å². The summed E-state index contributed by atoms with van der Waals surface area (Å²) in [5.74, 6) is 0. The quantitative estimate of drug-likeness (QED) is 0.850. The third-order valence-corrected chi connectivity index (χ3v) is 3.20. The molecule has 0 aliphatic heterocycles. The maximum atomic E-state index is 9.31. The zero-order chi connectivity index (χ0) is 13.0. The Balaban J connectivity index is 2.46. The molecule has 2 rings (SSSR count). The molecule has 18 heavy (non-hydrogen) atoms. The van der Waals surface area contributed by atoms with Gasteiger partial charge in [-0.15, -0.1) is 0 Å². The highest BCUT2D eigenvalue weighted by atomic mass is 16.3. The van der Waals surface area contributed by atoms with E-state index in [1.54, 1.807) is 0 Å². The SMILES string of the molecule is CCc1cc(N[C@@H](CC)CO)c2ccccc2n1. The van der Waals surface area contributed by atoms with Gasteiger partial charge in [0.05, 0.1) is 12.1 Å². The smallest absolute Gasteiger partial charge is 0.0726 e. The first-order valence-electron chi connectivity index (χ1n) is 6.54. The molecule has 0 radical (unpaired) electrons. The maximum Gasteiger partial charge on any atom is 0.0726 e. The second kappa shape index (κ2) is 5.83. The summed E-state index contributed by atoms with van der Waals surface area (Å²) >= 11 is 0. The predicted molar refractivity (Wildman–Crippen MR) is 75.9 cm³/mol. The van der Waals surface area contributed by atoms with Crippen molar-refractivity contribution >= 4 is 16.6 Å². The van der Waals surface area contributed by atoms with Gasteiger partial charge in [0.25, 0.3) is 0 Å². The lowest BCUT2D eigenvalue weighted by atomic mass is 10.1. The molecule has 1 heterocycles. The Labute approximate surface area is 108 Å². The summed E-state index contributed by atoms with van der Waals surface area (Å²) in [6.45, 7) is 4.32. The summed E-state index contributed by atoms with van der Waals surface area (Å²) in [5, 5.41) is 13.8. The molecule has 1 atom stereocenters. The zero-order valence-corrected chi connectivity index (χ0v) is 11.0. The summed E-state index contributed by atoms with van der Waals surface area (Å²) in [5.41, 5.74) is 3.15. The zero-order valence-electron chi connectivity index (χ0n) is 11.0. The number of pyridine rings is 1. The fourth-order valence-electron chi connectivity index (χ4n) is 2.03. The third-order valence-electron chi connectivity index (χ3n) is 3.20. The lowest BCUT2D eigenvalue weighted by molar-refractivity contribution is 0.272. The van der Waals surface area contributed by atoms with Crippen LogP contribution in [0.4, 0.5) is 5.69 Å². The van der Waals surface area contributed by atoms with Crippen LogP contribution in [0, 0.1) is 0 Å². The molecule has 0 aliphatic carbocycles. The number of hydrogen-bond donors (Lipinski definition) is 2. The summed E-state index contributed by atoms with van der Waals surface area (Å²) < 4.78 is 0. The number of aliphatic hydroxyl groups is 1. The van der Waals surface area contributed by atoms with E-state index < -0.39 is 0 Å². The van der Waals surface area contributed by atoms with Crippen LogP contribution in [0.25, 0.3) is 10.9 Å². The fraction of sp³-hybridized carbons (Fsp3) is 0.400. The number of para-hydroxylation sites is 1. The van der Waals surface area contributed by atoms with Gasteiger partial charge in [0, 0.05) is 22.8 Å². The molecule has 0 fully saturated rings. The molecule has 1 aromatic heterocycles. The monoisotopic (exact) mass is 244 g/mol. The van der Waals surface area contributed by atoms with Crippen LogP contribution in [0.1, 0.15) is 26.0 Å². The van der Waals surface area contributed by atoms with Gasteiger partial charge >= 0.3 is 0 Å². The second-order valence-electron chi connectivity index (χ2n) is 4.46. The minimum absolute atomic E-state index is 0.0977. The van der Waals surface area contributed by atoms with Crippen LogP contribution in [-0.4, -0.2) is 22.7 Å². The van der Waals surface area contributed by atoms with E-state index in [2.05, 4.69) is 36.3 Å². The van der Waals surface area contributed by atoms with Gasteiger partial charge in [-0.2, -0.15) is 0 Å². The van der Waals surface area contributed by atoms with Crippen molar-refractivity contribution < 1.29 is 5.11 Å². The van der Waals surface area contributed by atoms with Crippen molar-refractivity contribution in [3.63, 3.8) is 0 Å². The average Bonchev–Trinajstić information content (AvgIpc) is 2.44. The molecular weight excluding hydrogens is 224 g/mol. The predicted octanol–water partition coefficient (Wildman–Crippen LogP) is 2.98. The van der Waals surface area contributed by atoms with Crippen LogP contribution in [-0.2, 0) is 6.42 Å². The topological polar surface area (TPSA) is 45.1 Å². The molecule has 2 N–H and O–H groups in total. The minimum atomic E-state index is 0.0977. The number of benzene rings is 1. The van der Waals surface area contributed by atoms with Gasteiger partial charge in [-0.3, -0.25) is 4.98 Å². The fourth-order valence-corrected chi connectivity index (χ4v) is 2.03. The standard InChI is InChI=1S/C15H20N2O/c1-3-11-9-15(17-12(4-2)10-18)13-7-5-6-8-14(13)16-11/h5-9,12,18H,3-4,10H2,1-2H3,(H,16,17)/t12-/m0/s1. The largest absolute Gasteiger partial charge is 0.394 e. The molecule has 0 amide bonds. The first-order valence-corrected chi connectivity index (χ1v) is 6.54. The Morgan fingerprint density at radius 3 is 2.72 bits per heavy atom. The van der Waals surface area contributed by atoms with Gasteiger partial charge in [-0.1, -0.05) is 32.0 Å². The molecule has 3 nitrogen and oxygen atoms in total. The van der Waals surface area contributed by atoms with E-state index in [1.807, 2.05) is 18.2 Å². The molecule has 96 valence electrons. The Bertz CT molecular complexity index is 521. The van der Waals surface area contributed by atoms with Gasteiger partial charge in [-0.05, 0) is 25.0 Å². The van der Waals surface area contributed by atoms with Gasteiger partial charge in [0.1, 0.15) is 0 Å². The molecule has 0 saturated heterocycles. The van der Waals surface area contributed by atoms with Crippen LogP contribution in [0.15, 0.2) is 30.3 Å². The molecule has 3 heteroatoms. The highest BCUT2D eigenvalue weighted by Crippen LogP contribution is 2.24. The number of anilines is 1. The van der Waals surface area contributed by atoms with E-state index in [9.17, 15) is 5.11 Å². The number of hydrogen-bond acceptors (Lipinski definition) is 3. The van der Waals surface area contributed by atoms with E-state index in [1.165, 1.54) is 0 Å². The Morgan fingerprint density at radius 2 is 2.06 bits per heavy atom. The summed E-state index contributed by atoms with van der Waals surface area (Å²) in [4.78, 5) is 4.61. The average molecular weight is 244 g/mol. The molecule has 2 aromatic rings. The van der Waals surface area contributed by atoms with Gasteiger partial charge in [-0.25, -0.2) is 0 Å².